The van der Waals surface area contributed by atoms with Crippen LogP contribution in [-0.2, 0) is 0 Å². The van der Waals surface area contributed by atoms with Gasteiger partial charge < -0.3 is 10.1 Å². The van der Waals surface area contributed by atoms with Crippen molar-refractivity contribution in [1.82, 2.24) is 9.97 Å². The van der Waals surface area contributed by atoms with E-state index in [0.29, 0.717) is 17.2 Å². The minimum absolute atomic E-state index is 0.265. The average molecular weight is 275 g/mol. The lowest BCUT2D eigenvalue weighted by Crippen LogP contribution is -2.39. The van der Waals surface area contributed by atoms with Gasteiger partial charge in [0.05, 0.1) is 0 Å². The van der Waals surface area contributed by atoms with Gasteiger partial charge in [-0.2, -0.15) is 4.98 Å². The lowest BCUT2D eigenvalue weighted by Gasteiger charge is -2.38. The maximum Gasteiger partial charge on any atom is 0.225 e. The minimum atomic E-state index is 0.265. The number of anilines is 1. The van der Waals surface area contributed by atoms with Gasteiger partial charge in [0, 0.05) is 24.2 Å². The highest BCUT2D eigenvalue weighted by atomic mass is 16.5. The zero-order chi connectivity index (χ0) is 14.4. The van der Waals surface area contributed by atoms with Crippen molar-refractivity contribution in [2.24, 2.45) is 16.7 Å². The van der Waals surface area contributed by atoms with Crippen LogP contribution in [0.4, 0.5) is 5.95 Å². The minimum Gasteiger partial charge on any atom is -0.474 e. The molecule has 0 aliphatic heterocycles. The van der Waals surface area contributed by atoms with Gasteiger partial charge in [-0.25, -0.2) is 4.98 Å². The molecular weight excluding hydrogens is 250 g/mol. The summed E-state index contributed by atoms with van der Waals surface area (Å²) >= 11 is 0. The highest BCUT2D eigenvalue weighted by molar-refractivity contribution is 5.27. The Labute approximate surface area is 121 Å². The summed E-state index contributed by atoms with van der Waals surface area (Å²) in [5, 5.41) is 3.13. The molecule has 1 aromatic heterocycles. The average Bonchev–Trinajstić information content (AvgIpc) is 2.73. The van der Waals surface area contributed by atoms with Crippen molar-refractivity contribution in [1.29, 1.82) is 0 Å². The molecule has 2 fully saturated rings. The summed E-state index contributed by atoms with van der Waals surface area (Å²) < 4.78 is 6.24. The number of nitrogens with zero attached hydrogens (tertiary/aromatic N) is 2. The SMILES string of the molecule is CCNc1nccc(OC2CC3CCC2(C)C3(C)C)n1. The van der Waals surface area contributed by atoms with Crippen LogP contribution in [0.1, 0.15) is 47.0 Å². The molecule has 0 radical (unpaired) electrons. The highest BCUT2D eigenvalue weighted by Gasteiger charge is 2.62. The molecule has 0 aromatic carbocycles. The van der Waals surface area contributed by atoms with Crippen LogP contribution in [0.25, 0.3) is 0 Å². The monoisotopic (exact) mass is 275 g/mol. The van der Waals surface area contributed by atoms with Gasteiger partial charge >= 0.3 is 0 Å². The van der Waals surface area contributed by atoms with Crippen molar-refractivity contribution < 1.29 is 4.74 Å². The highest BCUT2D eigenvalue weighted by Crippen LogP contribution is 2.66. The Kier molecular flexibility index (Phi) is 3.14. The molecule has 0 amide bonds. The molecule has 2 aliphatic rings. The first-order chi connectivity index (χ1) is 9.47. The molecule has 1 aromatic rings. The predicted octanol–water partition coefficient (Wildman–Crippen LogP) is 3.50. The van der Waals surface area contributed by atoms with E-state index in [2.05, 4.69) is 36.1 Å². The first-order valence-corrected chi connectivity index (χ1v) is 7.71. The fourth-order valence-electron chi connectivity index (χ4n) is 4.11. The van der Waals surface area contributed by atoms with Crippen LogP contribution in [0.5, 0.6) is 5.88 Å². The lowest BCUT2D eigenvalue weighted by molar-refractivity contribution is 0.0273. The third-order valence-corrected chi connectivity index (χ3v) is 5.94. The number of nitrogens with one attached hydrogen (secondary N) is 1. The van der Waals surface area contributed by atoms with Crippen LogP contribution >= 0.6 is 0 Å². The summed E-state index contributed by atoms with van der Waals surface area (Å²) in [6.07, 6.45) is 5.81. The molecule has 3 unspecified atom stereocenters. The van der Waals surface area contributed by atoms with Crippen molar-refractivity contribution in [2.75, 3.05) is 11.9 Å². The van der Waals surface area contributed by atoms with E-state index >= 15 is 0 Å². The summed E-state index contributed by atoms with van der Waals surface area (Å²) in [6.45, 7) is 10.0. The summed E-state index contributed by atoms with van der Waals surface area (Å²) in [7, 11) is 0. The largest absolute Gasteiger partial charge is 0.474 e. The van der Waals surface area contributed by atoms with Gasteiger partial charge in [-0.3, -0.25) is 0 Å². The zero-order valence-corrected chi connectivity index (χ0v) is 12.9. The molecule has 1 heterocycles. The Morgan fingerprint density at radius 2 is 2.20 bits per heavy atom. The van der Waals surface area contributed by atoms with E-state index in [9.17, 15) is 0 Å². The number of aromatic nitrogens is 2. The summed E-state index contributed by atoms with van der Waals surface area (Å²) in [4.78, 5) is 8.64. The second-order valence-corrected chi connectivity index (χ2v) is 6.97. The molecule has 2 aliphatic carbocycles. The third-order valence-electron chi connectivity index (χ3n) is 5.94. The van der Waals surface area contributed by atoms with Gasteiger partial charge in [0.15, 0.2) is 0 Å². The van der Waals surface area contributed by atoms with Crippen LogP contribution in [0, 0.1) is 16.7 Å². The summed E-state index contributed by atoms with van der Waals surface area (Å²) in [5.41, 5.74) is 0.635. The molecule has 2 bridgehead atoms. The Morgan fingerprint density at radius 3 is 2.80 bits per heavy atom. The number of hydrogen-bond donors (Lipinski definition) is 1. The molecule has 20 heavy (non-hydrogen) atoms. The molecule has 4 nitrogen and oxygen atoms in total. The predicted molar refractivity (Wildman–Crippen MR) is 79.8 cm³/mol. The quantitative estimate of drug-likeness (QED) is 0.913. The first-order valence-electron chi connectivity index (χ1n) is 7.71. The smallest absolute Gasteiger partial charge is 0.225 e. The van der Waals surface area contributed by atoms with E-state index in [1.54, 1.807) is 6.20 Å². The van der Waals surface area contributed by atoms with Gasteiger partial charge in [-0.1, -0.05) is 20.8 Å². The van der Waals surface area contributed by atoms with E-state index in [-0.39, 0.29) is 11.5 Å². The zero-order valence-electron chi connectivity index (χ0n) is 12.9. The molecule has 1 N–H and O–H groups in total. The normalized spacial score (nSPS) is 34.2. The molecule has 3 atom stereocenters. The number of ether oxygens (including phenoxy) is 1. The van der Waals surface area contributed by atoms with Crippen molar-refractivity contribution in [3.63, 3.8) is 0 Å². The Morgan fingerprint density at radius 1 is 1.40 bits per heavy atom. The van der Waals surface area contributed by atoms with Crippen LogP contribution in [-0.4, -0.2) is 22.6 Å². The Balaban J connectivity index is 1.78. The number of hydrogen-bond acceptors (Lipinski definition) is 4. The van der Waals surface area contributed by atoms with E-state index < -0.39 is 0 Å². The number of fused-ring (bicyclic) bond motifs is 2. The van der Waals surface area contributed by atoms with Crippen LogP contribution in [0.15, 0.2) is 12.3 Å². The molecule has 0 spiro atoms. The van der Waals surface area contributed by atoms with Crippen molar-refractivity contribution in [3.05, 3.63) is 12.3 Å². The van der Waals surface area contributed by atoms with E-state index in [1.165, 1.54) is 12.8 Å². The van der Waals surface area contributed by atoms with Gasteiger partial charge in [0.2, 0.25) is 11.8 Å². The number of rotatable bonds is 4. The fraction of sp³-hybridized carbons (Fsp3) is 0.750. The Hall–Kier alpha value is -1.32. The van der Waals surface area contributed by atoms with E-state index in [4.69, 9.17) is 4.74 Å². The van der Waals surface area contributed by atoms with Gasteiger partial charge in [0.1, 0.15) is 6.10 Å². The molecule has 3 rings (SSSR count). The fourth-order valence-corrected chi connectivity index (χ4v) is 4.11. The maximum absolute atomic E-state index is 6.24. The van der Waals surface area contributed by atoms with Gasteiger partial charge in [0.25, 0.3) is 0 Å². The Bertz CT molecular complexity index is 502. The molecule has 0 saturated heterocycles. The van der Waals surface area contributed by atoms with Gasteiger partial charge in [-0.15, -0.1) is 0 Å². The van der Waals surface area contributed by atoms with E-state index in [0.717, 1.165) is 18.9 Å². The second-order valence-electron chi connectivity index (χ2n) is 6.97. The van der Waals surface area contributed by atoms with Gasteiger partial charge in [-0.05, 0) is 37.5 Å². The summed E-state index contributed by atoms with van der Waals surface area (Å²) in [6, 6.07) is 1.86. The van der Waals surface area contributed by atoms with Crippen LogP contribution in [0.3, 0.4) is 0 Å². The van der Waals surface area contributed by atoms with E-state index in [1.807, 2.05) is 13.0 Å². The maximum atomic E-state index is 6.24. The topological polar surface area (TPSA) is 47.0 Å². The molecular formula is C16H25N3O. The first kappa shape index (κ1) is 13.7. The molecule has 2 saturated carbocycles. The van der Waals surface area contributed by atoms with Crippen molar-refractivity contribution >= 4 is 5.95 Å². The van der Waals surface area contributed by atoms with Crippen LogP contribution < -0.4 is 10.1 Å². The van der Waals surface area contributed by atoms with Crippen molar-refractivity contribution in [3.8, 4) is 5.88 Å². The van der Waals surface area contributed by atoms with Crippen LogP contribution in [0.2, 0.25) is 0 Å². The molecule has 110 valence electrons. The second kappa shape index (κ2) is 4.61. The lowest BCUT2D eigenvalue weighted by atomic mass is 9.70. The standard InChI is InChI=1S/C16H25N3O/c1-5-17-14-18-9-7-13(19-14)20-12-10-11-6-8-16(12,4)15(11,2)3/h7,9,11-12H,5-6,8,10H2,1-4H3,(H,17,18,19). The summed E-state index contributed by atoms with van der Waals surface area (Å²) in [5.74, 6) is 2.13. The third kappa shape index (κ3) is 1.88. The van der Waals surface area contributed by atoms with Crippen molar-refractivity contribution in [2.45, 2.75) is 53.1 Å². The molecule has 4 heteroatoms.